The Morgan fingerprint density at radius 2 is 1.87 bits per heavy atom. The molecule has 1 heterocycles. The van der Waals surface area contributed by atoms with Crippen LogP contribution in [0.15, 0.2) is 53.4 Å². The van der Waals surface area contributed by atoms with E-state index in [1.807, 2.05) is 6.92 Å². The number of halogens is 1. The largest absolute Gasteiger partial charge is 0.394 e. The van der Waals surface area contributed by atoms with E-state index in [4.69, 9.17) is 4.74 Å². The van der Waals surface area contributed by atoms with Gasteiger partial charge in [-0.05, 0) is 50.5 Å². The molecule has 0 saturated carbocycles. The molecule has 2 aromatic rings. The summed E-state index contributed by atoms with van der Waals surface area (Å²) >= 11 is 0. The number of rotatable bonds is 8. The smallest absolute Gasteiger partial charge is 0.254 e. The maximum Gasteiger partial charge on any atom is 0.254 e. The second kappa shape index (κ2) is 10.3. The van der Waals surface area contributed by atoms with Crippen molar-refractivity contribution in [3.63, 3.8) is 0 Å². The summed E-state index contributed by atoms with van der Waals surface area (Å²) in [6.07, 6.45) is 0.572. The van der Waals surface area contributed by atoms with E-state index < -0.39 is 33.9 Å². The number of benzene rings is 2. The van der Waals surface area contributed by atoms with Crippen LogP contribution in [0.2, 0.25) is 0 Å². The summed E-state index contributed by atoms with van der Waals surface area (Å²) in [5, 5.41) is 12.4. The molecular weight excluding hydrogens is 423 g/mol. The van der Waals surface area contributed by atoms with Gasteiger partial charge in [0.15, 0.2) is 0 Å². The summed E-state index contributed by atoms with van der Waals surface area (Å²) in [4.78, 5) is 12.2. The molecule has 0 spiro atoms. The zero-order valence-electron chi connectivity index (χ0n) is 17.3. The highest BCUT2D eigenvalue weighted by Gasteiger charge is 2.33. The summed E-state index contributed by atoms with van der Waals surface area (Å²) in [6, 6.07) is 11.7. The van der Waals surface area contributed by atoms with Crippen LogP contribution in [0.5, 0.6) is 0 Å². The molecule has 7 nitrogen and oxygen atoms in total. The lowest BCUT2D eigenvalue weighted by molar-refractivity contribution is -0.0871. The van der Waals surface area contributed by atoms with Crippen LogP contribution < -0.4 is 10.0 Å². The van der Waals surface area contributed by atoms with E-state index in [9.17, 15) is 22.7 Å². The number of sulfonamides is 1. The fourth-order valence-corrected chi connectivity index (χ4v) is 4.85. The SMILES string of the molecule is Cc1ccc(S(=O)(=O)N[C@H]2CC[C@@H](CCNC(=O)c3ccccc3F)O[C@@H]2CO)cc1. The Bertz CT molecular complexity index is 997. The number of amides is 1. The van der Waals surface area contributed by atoms with E-state index in [0.717, 1.165) is 5.56 Å². The first-order chi connectivity index (χ1) is 14.8. The van der Waals surface area contributed by atoms with Crippen LogP contribution >= 0.6 is 0 Å². The van der Waals surface area contributed by atoms with Crippen molar-refractivity contribution in [2.45, 2.75) is 49.3 Å². The molecule has 0 unspecified atom stereocenters. The average molecular weight is 451 g/mol. The van der Waals surface area contributed by atoms with Crippen molar-refractivity contribution >= 4 is 15.9 Å². The average Bonchev–Trinajstić information content (AvgIpc) is 2.75. The van der Waals surface area contributed by atoms with Gasteiger partial charge in [-0.15, -0.1) is 0 Å². The fourth-order valence-electron chi connectivity index (χ4n) is 3.55. The minimum Gasteiger partial charge on any atom is -0.394 e. The second-order valence-corrected chi connectivity index (χ2v) is 9.34. The van der Waals surface area contributed by atoms with Gasteiger partial charge in [-0.2, -0.15) is 0 Å². The molecule has 3 N–H and O–H groups in total. The van der Waals surface area contributed by atoms with E-state index in [1.54, 1.807) is 18.2 Å². The number of ether oxygens (including phenoxy) is 1. The third kappa shape index (κ3) is 6.10. The molecule has 0 radical (unpaired) electrons. The van der Waals surface area contributed by atoms with E-state index >= 15 is 0 Å². The van der Waals surface area contributed by atoms with Crippen LogP contribution in [0.3, 0.4) is 0 Å². The van der Waals surface area contributed by atoms with Gasteiger partial charge in [-0.3, -0.25) is 4.79 Å². The molecule has 1 amide bonds. The fraction of sp³-hybridized carbons (Fsp3) is 0.409. The van der Waals surface area contributed by atoms with Crippen molar-refractivity contribution in [3.8, 4) is 0 Å². The molecule has 9 heteroatoms. The number of hydrogen-bond acceptors (Lipinski definition) is 5. The lowest BCUT2D eigenvalue weighted by Gasteiger charge is -2.36. The molecule has 1 aliphatic heterocycles. The molecule has 3 rings (SSSR count). The van der Waals surface area contributed by atoms with Crippen molar-refractivity contribution in [1.29, 1.82) is 0 Å². The predicted molar refractivity (Wildman–Crippen MR) is 114 cm³/mol. The van der Waals surface area contributed by atoms with Gasteiger partial charge in [0.1, 0.15) is 5.82 Å². The molecule has 1 fully saturated rings. The van der Waals surface area contributed by atoms with Gasteiger partial charge < -0.3 is 15.2 Å². The number of hydrogen-bond donors (Lipinski definition) is 3. The van der Waals surface area contributed by atoms with E-state index in [0.29, 0.717) is 19.3 Å². The molecule has 0 aliphatic carbocycles. The van der Waals surface area contributed by atoms with Crippen LogP contribution in [0.1, 0.15) is 35.2 Å². The Kier molecular flexibility index (Phi) is 7.77. The first-order valence-corrected chi connectivity index (χ1v) is 11.7. The molecule has 0 aromatic heterocycles. The lowest BCUT2D eigenvalue weighted by Crippen LogP contribution is -2.51. The lowest BCUT2D eigenvalue weighted by atomic mass is 9.98. The molecular formula is C22H27FN2O5S. The molecule has 3 atom stereocenters. The molecule has 1 saturated heterocycles. The van der Waals surface area contributed by atoms with Gasteiger partial charge in [0.05, 0.1) is 35.3 Å². The monoisotopic (exact) mass is 450 g/mol. The van der Waals surface area contributed by atoms with Gasteiger partial charge in [-0.1, -0.05) is 29.8 Å². The van der Waals surface area contributed by atoms with E-state index in [2.05, 4.69) is 10.0 Å². The first-order valence-electron chi connectivity index (χ1n) is 10.2. The van der Waals surface area contributed by atoms with Crippen LogP contribution in [0.25, 0.3) is 0 Å². The summed E-state index contributed by atoms with van der Waals surface area (Å²) in [5.41, 5.74) is 0.934. The number of carbonyl (C=O) groups excluding carboxylic acids is 1. The van der Waals surface area contributed by atoms with Crippen LogP contribution in [0, 0.1) is 12.7 Å². The van der Waals surface area contributed by atoms with Crippen molar-refractivity contribution < 1.29 is 27.4 Å². The highest BCUT2D eigenvalue weighted by Crippen LogP contribution is 2.23. The minimum absolute atomic E-state index is 0.0223. The van der Waals surface area contributed by atoms with Gasteiger partial charge in [0, 0.05) is 6.54 Å². The number of aliphatic hydroxyl groups excluding tert-OH is 1. The van der Waals surface area contributed by atoms with Crippen LogP contribution in [0.4, 0.5) is 4.39 Å². The number of nitrogens with one attached hydrogen (secondary N) is 2. The standard InChI is InChI=1S/C22H27FN2O5S/c1-15-6-9-17(10-7-15)31(28,29)25-20-11-8-16(30-21(20)14-26)12-13-24-22(27)18-4-2-3-5-19(18)23/h2-7,9-10,16,20-21,25-26H,8,11-14H2,1H3,(H,24,27)/t16-,20-,21+/m0/s1. The Morgan fingerprint density at radius 3 is 2.55 bits per heavy atom. The molecule has 2 aromatic carbocycles. The van der Waals surface area contributed by atoms with Crippen LogP contribution in [-0.2, 0) is 14.8 Å². The highest BCUT2D eigenvalue weighted by atomic mass is 32.2. The zero-order chi connectivity index (χ0) is 22.4. The quantitative estimate of drug-likeness (QED) is 0.572. The molecule has 1 aliphatic rings. The van der Waals surface area contributed by atoms with Gasteiger partial charge in [-0.25, -0.2) is 17.5 Å². The Labute approximate surface area is 181 Å². The summed E-state index contributed by atoms with van der Waals surface area (Å²) in [5.74, 6) is -1.09. The van der Waals surface area contributed by atoms with E-state index in [-0.39, 0.29) is 29.7 Å². The predicted octanol–water partition coefficient (Wildman–Crippen LogP) is 2.14. The van der Waals surface area contributed by atoms with Crippen molar-refractivity contribution in [2.24, 2.45) is 0 Å². The summed E-state index contributed by atoms with van der Waals surface area (Å²) in [7, 11) is -3.73. The molecule has 31 heavy (non-hydrogen) atoms. The Balaban J connectivity index is 1.51. The van der Waals surface area contributed by atoms with Gasteiger partial charge in [0.2, 0.25) is 10.0 Å². The van der Waals surface area contributed by atoms with Crippen molar-refractivity contribution in [2.75, 3.05) is 13.2 Å². The van der Waals surface area contributed by atoms with Crippen molar-refractivity contribution in [3.05, 3.63) is 65.5 Å². The summed E-state index contributed by atoms with van der Waals surface area (Å²) < 4.78 is 47.4. The summed E-state index contributed by atoms with van der Waals surface area (Å²) in [6.45, 7) is 1.81. The van der Waals surface area contributed by atoms with Crippen molar-refractivity contribution in [1.82, 2.24) is 10.0 Å². The minimum atomic E-state index is -3.73. The highest BCUT2D eigenvalue weighted by molar-refractivity contribution is 7.89. The molecule has 168 valence electrons. The first kappa shape index (κ1) is 23.3. The van der Waals surface area contributed by atoms with Gasteiger partial charge in [0.25, 0.3) is 5.91 Å². The third-order valence-electron chi connectivity index (χ3n) is 5.30. The Morgan fingerprint density at radius 1 is 1.16 bits per heavy atom. The number of aliphatic hydroxyl groups is 1. The van der Waals surface area contributed by atoms with Gasteiger partial charge >= 0.3 is 0 Å². The maximum absolute atomic E-state index is 13.7. The maximum atomic E-state index is 13.7. The Hall–Kier alpha value is -2.33. The number of carbonyl (C=O) groups is 1. The topological polar surface area (TPSA) is 105 Å². The number of aryl methyl sites for hydroxylation is 1. The normalized spacial score (nSPS) is 21.6. The zero-order valence-corrected chi connectivity index (χ0v) is 18.1. The molecule has 0 bridgehead atoms. The van der Waals surface area contributed by atoms with E-state index in [1.165, 1.54) is 30.3 Å². The third-order valence-corrected chi connectivity index (χ3v) is 6.81. The second-order valence-electron chi connectivity index (χ2n) is 7.62. The van der Waals surface area contributed by atoms with Crippen LogP contribution in [-0.4, -0.2) is 50.8 Å².